The Hall–Kier alpha value is -0.480. The van der Waals surface area contributed by atoms with E-state index in [0.717, 1.165) is 12.2 Å². The Kier molecular flexibility index (Phi) is 5.79. The maximum Gasteiger partial charge on any atom is 0.230 e. The fourth-order valence-corrected chi connectivity index (χ4v) is 2.53. The molecule has 4 heteroatoms. The number of thioether (sulfide) groups is 1. The SMILES string of the molecule is CCSCC(=O)NCc1ccc(CC)s1. The monoisotopic (exact) mass is 243 g/mol. The summed E-state index contributed by atoms with van der Waals surface area (Å²) in [6.07, 6.45) is 1.07. The Bertz CT molecular complexity index is 309. The van der Waals surface area contributed by atoms with E-state index in [9.17, 15) is 4.79 Å². The van der Waals surface area contributed by atoms with E-state index in [1.54, 1.807) is 23.1 Å². The van der Waals surface area contributed by atoms with Crippen LogP contribution in [0, 0.1) is 0 Å². The predicted molar refractivity (Wildman–Crippen MR) is 68.5 cm³/mol. The third-order valence-electron chi connectivity index (χ3n) is 1.96. The largest absolute Gasteiger partial charge is 0.350 e. The molecule has 0 bridgehead atoms. The zero-order valence-corrected chi connectivity index (χ0v) is 10.8. The average molecular weight is 243 g/mol. The van der Waals surface area contributed by atoms with Crippen LogP contribution in [0.2, 0.25) is 0 Å². The first-order valence-corrected chi connectivity index (χ1v) is 7.15. The summed E-state index contributed by atoms with van der Waals surface area (Å²) < 4.78 is 0. The minimum absolute atomic E-state index is 0.133. The van der Waals surface area contributed by atoms with Crippen molar-refractivity contribution in [2.75, 3.05) is 11.5 Å². The van der Waals surface area contributed by atoms with Crippen LogP contribution in [0.1, 0.15) is 23.6 Å². The second kappa shape index (κ2) is 6.90. The van der Waals surface area contributed by atoms with Crippen molar-refractivity contribution in [1.82, 2.24) is 5.32 Å². The van der Waals surface area contributed by atoms with Crippen molar-refractivity contribution in [1.29, 1.82) is 0 Å². The summed E-state index contributed by atoms with van der Waals surface area (Å²) in [5, 5.41) is 2.92. The van der Waals surface area contributed by atoms with Crippen molar-refractivity contribution in [3.05, 3.63) is 21.9 Å². The highest BCUT2D eigenvalue weighted by atomic mass is 32.2. The lowest BCUT2D eigenvalue weighted by Crippen LogP contribution is -2.24. The molecule has 84 valence electrons. The van der Waals surface area contributed by atoms with Crippen LogP contribution in [0.5, 0.6) is 0 Å². The van der Waals surface area contributed by atoms with Gasteiger partial charge < -0.3 is 5.32 Å². The smallest absolute Gasteiger partial charge is 0.230 e. The summed E-state index contributed by atoms with van der Waals surface area (Å²) in [5.74, 6) is 1.70. The first-order valence-electron chi connectivity index (χ1n) is 5.18. The number of carbonyl (C=O) groups is 1. The van der Waals surface area contributed by atoms with Crippen LogP contribution in [-0.2, 0) is 17.8 Å². The molecule has 0 aromatic carbocycles. The van der Waals surface area contributed by atoms with Gasteiger partial charge in [0.25, 0.3) is 0 Å². The van der Waals surface area contributed by atoms with E-state index in [2.05, 4.69) is 31.3 Å². The molecule has 1 amide bonds. The van der Waals surface area contributed by atoms with Crippen LogP contribution in [0.4, 0.5) is 0 Å². The van der Waals surface area contributed by atoms with Gasteiger partial charge in [0.1, 0.15) is 0 Å². The molecule has 1 aromatic heterocycles. The van der Waals surface area contributed by atoms with Crippen LogP contribution >= 0.6 is 23.1 Å². The maximum absolute atomic E-state index is 11.3. The van der Waals surface area contributed by atoms with Gasteiger partial charge in [0.15, 0.2) is 0 Å². The van der Waals surface area contributed by atoms with Crippen LogP contribution in [0.3, 0.4) is 0 Å². The highest BCUT2D eigenvalue weighted by Crippen LogP contribution is 2.16. The Morgan fingerprint density at radius 3 is 2.73 bits per heavy atom. The van der Waals surface area contributed by atoms with Gasteiger partial charge in [-0.3, -0.25) is 4.79 Å². The molecule has 0 aliphatic rings. The summed E-state index contributed by atoms with van der Waals surface area (Å²) in [6.45, 7) is 4.88. The zero-order valence-electron chi connectivity index (χ0n) is 9.21. The van der Waals surface area contributed by atoms with E-state index in [0.29, 0.717) is 12.3 Å². The van der Waals surface area contributed by atoms with Gasteiger partial charge in [0.05, 0.1) is 12.3 Å². The molecule has 0 unspecified atom stereocenters. The molecule has 0 aliphatic carbocycles. The molecule has 1 N–H and O–H groups in total. The van der Waals surface area contributed by atoms with E-state index in [1.165, 1.54) is 9.75 Å². The summed E-state index contributed by atoms with van der Waals surface area (Å²) in [6, 6.07) is 4.23. The normalized spacial score (nSPS) is 10.3. The molecule has 0 atom stereocenters. The van der Waals surface area contributed by atoms with E-state index < -0.39 is 0 Å². The second-order valence-corrected chi connectivity index (χ2v) is 5.66. The molecule has 1 heterocycles. The molecular weight excluding hydrogens is 226 g/mol. The maximum atomic E-state index is 11.3. The lowest BCUT2D eigenvalue weighted by atomic mass is 10.3. The fourth-order valence-electron chi connectivity index (χ4n) is 1.14. The van der Waals surface area contributed by atoms with E-state index in [1.807, 2.05) is 0 Å². The van der Waals surface area contributed by atoms with Crippen LogP contribution in [0.25, 0.3) is 0 Å². The van der Waals surface area contributed by atoms with E-state index in [4.69, 9.17) is 0 Å². The molecule has 15 heavy (non-hydrogen) atoms. The Morgan fingerprint density at radius 2 is 2.13 bits per heavy atom. The lowest BCUT2D eigenvalue weighted by molar-refractivity contribution is -0.118. The van der Waals surface area contributed by atoms with Crippen molar-refractivity contribution in [2.24, 2.45) is 0 Å². The molecule has 0 aliphatic heterocycles. The number of carbonyl (C=O) groups excluding carboxylic acids is 1. The Balaban J connectivity index is 2.27. The van der Waals surface area contributed by atoms with Gasteiger partial charge in [-0.25, -0.2) is 0 Å². The third kappa shape index (κ3) is 4.71. The molecule has 0 fully saturated rings. The van der Waals surface area contributed by atoms with Gasteiger partial charge in [-0.05, 0) is 24.3 Å². The summed E-state index contributed by atoms with van der Waals surface area (Å²) in [4.78, 5) is 13.9. The van der Waals surface area contributed by atoms with Gasteiger partial charge in [-0.15, -0.1) is 11.3 Å². The molecule has 1 aromatic rings. The number of rotatable bonds is 6. The summed E-state index contributed by atoms with van der Waals surface area (Å²) >= 11 is 3.43. The van der Waals surface area contributed by atoms with Crippen molar-refractivity contribution in [3.8, 4) is 0 Å². The molecule has 0 spiro atoms. The number of aryl methyl sites for hydroxylation is 1. The van der Waals surface area contributed by atoms with Gasteiger partial charge in [-0.1, -0.05) is 13.8 Å². The average Bonchev–Trinajstić information content (AvgIpc) is 2.71. The standard InChI is InChI=1S/C11H17NOS2/c1-3-9-5-6-10(15-9)7-12-11(13)8-14-4-2/h5-6H,3-4,7-8H2,1-2H3,(H,12,13). The first kappa shape index (κ1) is 12.6. The van der Waals surface area contributed by atoms with Crippen molar-refractivity contribution < 1.29 is 4.79 Å². The van der Waals surface area contributed by atoms with Crippen molar-refractivity contribution >= 4 is 29.0 Å². The quantitative estimate of drug-likeness (QED) is 0.832. The molecular formula is C11H17NOS2. The van der Waals surface area contributed by atoms with Crippen LogP contribution in [-0.4, -0.2) is 17.4 Å². The number of thiophene rings is 1. The Morgan fingerprint density at radius 1 is 1.40 bits per heavy atom. The van der Waals surface area contributed by atoms with E-state index >= 15 is 0 Å². The minimum atomic E-state index is 0.133. The highest BCUT2D eigenvalue weighted by molar-refractivity contribution is 7.99. The molecule has 0 saturated heterocycles. The fraction of sp³-hybridized carbons (Fsp3) is 0.545. The van der Waals surface area contributed by atoms with Gasteiger partial charge >= 0.3 is 0 Å². The third-order valence-corrected chi connectivity index (χ3v) is 4.07. The number of nitrogens with one attached hydrogen (secondary N) is 1. The van der Waals surface area contributed by atoms with Crippen LogP contribution in [0.15, 0.2) is 12.1 Å². The zero-order chi connectivity index (χ0) is 11.1. The number of hydrogen-bond donors (Lipinski definition) is 1. The predicted octanol–water partition coefficient (Wildman–Crippen LogP) is 2.68. The van der Waals surface area contributed by atoms with Crippen molar-refractivity contribution in [3.63, 3.8) is 0 Å². The van der Waals surface area contributed by atoms with Gasteiger partial charge in [-0.2, -0.15) is 11.8 Å². The topological polar surface area (TPSA) is 29.1 Å². The van der Waals surface area contributed by atoms with Crippen LogP contribution < -0.4 is 5.32 Å². The minimum Gasteiger partial charge on any atom is -0.350 e. The van der Waals surface area contributed by atoms with Gasteiger partial charge in [0.2, 0.25) is 5.91 Å². The van der Waals surface area contributed by atoms with E-state index in [-0.39, 0.29) is 5.91 Å². The molecule has 2 nitrogen and oxygen atoms in total. The van der Waals surface area contributed by atoms with Crippen molar-refractivity contribution in [2.45, 2.75) is 26.8 Å². The second-order valence-electron chi connectivity index (χ2n) is 3.14. The number of hydrogen-bond acceptors (Lipinski definition) is 3. The molecule has 1 rings (SSSR count). The summed E-state index contributed by atoms with van der Waals surface area (Å²) in [7, 11) is 0. The van der Waals surface area contributed by atoms with Gasteiger partial charge in [0, 0.05) is 9.75 Å². The first-order chi connectivity index (χ1) is 7.26. The summed E-state index contributed by atoms with van der Waals surface area (Å²) in [5.41, 5.74) is 0. The Labute approximate surface area is 99.5 Å². The highest BCUT2D eigenvalue weighted by Gasteiger charge is 2.02. The lowest BCUT2D eigenvalue weighted by Gasteiger charge is -2.01. The molecule has 0 saturated carbocycles. The molecule has 0 radical (unpaired) electrons. The number of amides is 1.